The molecule has 104 valence electrons. The molecule has 1 atom stereocenters. The first kappa shape index (κ1) is 14.8. The number of rotatable bonds is 3. The molecule has 1 aliphatic rings. The van der Waals surface area contributed by atoms with Gasteiger partial charge in [0.25, 0.3) is 0 Å². The van der Waals surface area contributed by atoms with Gasteiger partial charge in [0.2, 0.25) is 0 Å². The van der Waals surface area contributed by atoms with E-state index in [0.29, 0.717) is 0 Å². The molecule has 0 aromatic rings. The molecule has 1 heterocycles. The lowest BCUT2D eigenvalue weighted by atomic mass is 9.90. The minimum atomic E-state index is -1.01. The topological polar surface area (TPSA) is 87.7 Å². The molecule has 0 aromatic heterocycles. The zero-order chi connectivity index (χ0) is 13.8. The largest absolute Gasteiger partial charge is 0.480 e. The van der Waals surface area contributed by atoms with Gasteiger partial charge in [0.15, 0.2) is 0 Å². The number of carboxylic acid groups (broad SMARTS) is 1. The maximum absolute atomic E-state index is 11.6. The average Bonchev–Trinajstić information content (AvgIpc) is 2.24. The number of alkyl carbamates (subject to hydrolysis) is 1. The van der Waals surface area contributed by atoms with Crippen molar-refractivity contribution in [2.24, 2.45) is 5.92 Å². The van der Waals surface area contributed by atoms with Crippen molar-refractivity contribution in [2.45, 2.75) is 45.3 Å². The number of ether oxygens (including phenoxy) is 1. The molecular weight excluding hydrogens is 236 g/mol. The Labute approximate surface area is 107 Å². The third-order valence-electron chi connectivity index (χ3n) is 2.79. The molecule has 0 unspecified atom stereocenters. The standard InChI is InChI=1S/C12H22N2O4/c1-12(2,3)18-11(17)14-9(10(15)16)8-4-6-13-7-5-8/h8-9,13H,4-7H2,1-3H3,(H,14,17)(H,15,16)/t9-/m1/s1. The zero-order valence-electron chi connectivity index (χ0n) is 11.2. The number of carboxylic acids is 1. The smallest absolute Gasteiger partial charge is 0.408 e. The van der Waals surface area contributed by atoms with Crippen LogP contribution in [-0.2, 0) is 9.53 Å². The van der Waals surface area contributed by atoms with Crippen LogP contribution in [0.25, 0.3) is 0 Å². The van der Waals surface area contributed by atoms with Gasteiger partial charge in [0, 0.05) is 0 Å². The normalized spacial score (nSPS) is 19.1. The molecule has 18 heavy (non-hydrogen) atoms. The van der Waals surface area contributed by atoms with E-state index in [2.05, 4.69) is 10.6 Å². The first-order valence-electron chi connectivity index (χ1n) is 6.22. The fraction of sp³-hybridized carbons (Fsp3) is 0.833. The number of hydrogen-bond donors (Lipinski definition) is 3. The summed E-state index contributed by atoms with van der Waals surface area (Å²) in [5, 5.41) is 14.8. The van der Waals surface area contributed by atoms with Crippen molar-refractivity contribution < 1.29 is 19.4 Å². The first-order chi connectivity index (χ1) is 8.29. The third kappa shape index (κ3) is 4.91. The van der Waals surface area contributed by atoms with Crippen LogP contribution in [0.4, 0.5) is 4.79 Å². The highest BCUT2D eigenvalue weighted by Gasteiger charge is 2.32. The highest BCUT2D eigenvalue weighted by molar-refractivity contribution is 5.80. The van der Waals surface area contributed by atoms with E-state index in [1.807, 2.05) is 0 Å². The monoisotopic (exact) mass is 258 g/mol. The Kier molecular flexibility index (Phi) is 4.95. The fourth-order valence-corrected chi connectivity index (χ4v) is 1.99. The predicted octanol–water partition coefficient (Wildman–Crippen LogP) is 0.964. The Morgan fingerprint density at radius 1 is 1.33 bits per heavy atom. The minimum Gasteiger partial charge on any atom is -0.480 e. The summed E-state index contributed by atoms with van der Waals surface area (Å²) in [5.41, 5.74) is -0.624. The highest BCUT2D eigenvalue weighted by Crippen LogP contribution is 2.17. The minimum absolute atomic E-state index is 0.0451. The summed E-state index contributed by atoms with van der Waals surface area (Å²) in [6, 6.07) is -0.873. The molecule has 0 aliphatic carbocycles. The quantitative estimate of drug-likeness (QED) is 0.702. The number of nitrogens with one attached hydrogen (secondary N) is 2. The summed E-state index contributed by atoms with van der Waals surface area (Å²) in [4.78, 5) is 22.8. The van der Waals surface area contributed by atoms with Crippen LogP contribution in [0.3, 0.4) is 0 Å². The van der Waals surface area contributed by atoms with Gasteiger partial charge in [-0.1, -0.05) is 0 Å². The molecule has 0 saturated carbocycles. The van der Waals surface area contributed by atoms with Gasteiger partial charge in [0.1, 0.15) is 11.6 Å². The predicted molar refractivity (Wildman–Crippen MR) is 66.4 cm³/mol. The van der Waals surface area contributed by atoms with E-state index in [0.717, 1.165) is 25.9 Å². The molecule has 0 bridgehead atoms. The van der Waals surface area contributed by atoms with Gasteiger partial charge in [-0.2, -0.15) is 0 Å². The number of aliphatic carboxylic acids is 1. The number of hydrogen-bond acceptors (Lipinski definition) is 4. The van der Waals surface area contributed by atoms with Crippen molar-refractivity contribution in [3.8, 4) is 0 Å². The average molecular weight is 258 g/mol. The van der Waals surface area contributed by atoms with Gasteiger partial charge in [-0.3, -0.25) is 0 Å². The number of piperidine rings is 1. The van der Waals surface area contributed by atoms with Crippen molar-refractivity contribution in [3.63, 3.8) is 0 Å². The Hall–Kier alpha value is -1.30. The molecule has 6 heteroatoms. The van der Waals surface area contributed by atoms with Crippen molar-refractivity contribution in [3.05, 3.63) is 0 Å². The number of amides is 1. The molecule has 6 nitrogen and oxygen atoms in total. The fourth-order valence-electron chi connectivity index (χ4n) is 1.99. The lowest BCUT2D eigenvalue weighted by Crippen LogP contribution is -2.50. The van der Waals surface area contributed by atoms with Crippen LogP contribution >= 0.6 is 0 Å². The van der Waals surface area contributed by atoms with Crippen molar-refractivity contribution in [1.29, 1.82) is 0 Å². The van der Waals surface area contributed by atoms with Gasteiger partial charge in [0.05, 0.1) is 0 Å². The zero-order valence-corrected chi connectivity index (χ0v) is 11.2. The van der Waals surface area contributed by atoms with Crippen LogP contribution in [0, 0.1) is 5.92 Å². The summed E-state index contributed by atoms with van der Waals surface area (Å²) in [6.07, 6.45) is 0.813. The Morgan fingerprint density at radius 3 is 2.33 bits per heavy atom. The summed E-state index contributed by atoms with van der Waals surface area (Å²) in [5.74, 6) is -1.05. The van der Waals surface area contributed by atoms with Gasteiger partial charge in [-0.05, 0) is 52.6 Å². The molecule has 1 rings (SSSR count). The second kappa shape index (κ2) is 6.04. The van der Waals surface area contributed by atoms with E-state index in [-0.39, 0.29) is 5.92 Å². The van der Waals surface area contributed by atoms with E-state index in [4.69, 9.17) is 4.74 Å². The molecule has 0 radical (unpaired) electrons. The van der Waals surface area contributed by atoms with Crippen LogP contribution in [0.2, 0.25) is 0 Å². The van der Waals surface area contributed by atoms with Crippen LogP contribution in [-0.4, -0.2) is 41.9 Å². The second-order valence-electron chi connectivity index (χ2n) is 5.55. The molecule has 3 N–H and O–H groups in total. The highest BCUT2D eigenvalue weighted by atomic mass is 16.6. The molecule has 1 fully saturated rings. The van der Waals surface area contributed by atoms with E-state index in [9.17, 15) is 14.7 Å². The van der Waals surface area contributed by atoms with E-state index in [1.54, 1.807) is 20.8 Å². The van der Waals surface area contributed by atoms with Gasteiger partial charge in [-0.25, -0.2) is 9.59 Å². The lowest BCUT2D eigenvalue weighted by Gasteiger charge is -2.29. The number of carbonyl (C=O) groups is 2. The van der Waals surface area contributed by atoms with Crippen LogP contribution < -0.4 is 10.6 Å². The van der Waals surface area contributed by atoms with Crippen LogP contribution in [0.15, 0.2) is 0 Å². The van der Waals surface area contributed by atoms with Gasteiger partial charge < -0.3 is 20.5 Å². The summed E-state index contributed by atoms with van der Waals surface area (Å²) < 4.78 is 5.08. The van der Waals surface area contributed by atoms with E-state index in [1.165, 1.54) is 0 Å². The summed E-state index contributed by atoms with van der Waals surface area (Å²) in [7, 11) is 0. The Morgan fingerprint density at radius 2 is 1.89 bits per heavy atom. The van der Waals surface area contributed by atoms with Gasteiger partial charge >= 0.3 is 12.1 Å². The molecule has 0 aromatic carbocycles. The molecule has 1 aliphatic heterocycles. The first-order valence-corrected chi connectivity index (χ1v) is 6.22. The van der Waals surface area contributed by atoms with E-state index < -0.39 is 23.7 Å². The number of carbonyl (C=O) groups excluding carboxylic acids is 1. The summed E-state index contributed by atoms with van der Waals surface area (Å²) in [6.45, 7) is 6.79. The maximum atomic E-state index is 11.6. The second-order valence-corrected chi connectivity index (χ2v) is 5.55. The van der Waals surface area contributed by atoms with E-state index >= 15 is 0 Å². The Balaban J connectivity index is 2.57. The SMILES string of the molecule is CC(C)(C)OC(=O)N[C@@H](C(=O)O)C1CCNCC1. The molecule has 0 spiro atoms. The van der Waals surface area contributed by atoms with Gasteiger partial charge in [-0.15, -0.1) is 0 Å². The van der Waals surface area contributed by atoms with Crippen LogP contribution in [0.5, 0.6) is 0 Å². The maximum Gasteiger partial charge on any atom is 0.408 e. The molecule has 1 saturated heterocycles. The summed E-state index contributed by atoms with van der Waals surface area (Å²) >= 11 is 0. The van der Waals surface area contributed by atoms with Crippen LogP contribution in [0.1, 0.15) is 33.6 Å². The third-order valence-corrected chi connectivity index (χ3v) is 2.79. The van der Waals surface area contributed by atoms with Crippen molar-refractivity contribution in [1.82, 2.24) is 10.6 Å². The Bertz CT molecular complexity index is 306. The molecule has 1 amide bonds. The van der Waals surface area contributed by atoms with Crippen molar-refractivity contribution in [2.75, 3.05) is 13.1 Å². The molecular formula is C12H22N2O4. The van der Waals surface area contributed by atoms with Crippen molar-refractivity contribution >= 4 is 12.1 Å². The lowest BCUT2D eigenvalue weighted by molar-refractivity contribution is -0.141.